The Morgan fingerprint density at radius 3 is 2.65 bits per heavy atom. The molecule has 0 unspecified atom stereocenters. The molecule has 1 aliphatic carbocycles. The van der Waals surface area contributed by atoms with Gasteiger partial charge in [0.2, 0.25) is 0 Å². The molecule has 4 heterocycles. The molecule has 0 spiro atoms. The molecular formula is C28H27N7O2. The molecule has 2 aliphatic rings. The summed E-state index contributed by atoms with van der Waals surface area (Å²) in [5, 5.41) is 20.9. The molecule has 1 N–H and O–H groups in total. The summed E-state index contributed by atoms with van der Waals surface area (Å²) in [4.78, 5) is 30.8. The third kappa shape index (κ3) is 3.90. The quantitative estimate of drug-likeness (QED) is 0.464. The lowest BCUT2D eigenvalue weighted by Crippen LogP contribution is -2.60. The van der Waals surface area contributed by atoms with Gasteiger partial charge in [-0.1, -0.05) is 30.3 Å². The van der Waals surface area contributed by atoms with Crippen LogP contribution in [0.15, 0.2) is 61.2 Å². The maximum Gasteiger partial charge on any atom is 0.254 e. The topological polar surface area (TPSA) is 111 Å². The van der Waals surface area contributed by atoms with Crippen LogP contribution in [-0.4, -0.2) is 66.7 Å². The van der Waals surface area contributed by atoms with E-state index in [1.165, 1.54) is 0 Å². The highest BCUT2D eigenvalue weighted by molar-refractivity contribution is 6.02. The predicted octanol–water partition coefficient (Wildman–Crippen LogP) is 3.31. The normalized spacial score (nSPS) is 18.9. The zero-order valence-corrected chi connectivity index (χ0v) is 20.6. The molecule has 1 atom stereocenters. The Balaban J connectivity index is 1.44. The number of hydrogen-bond donors (Lipinski definition) is 1. The highest BCUT2D eigenvalue weighted by Gasteiger charge is 2.45. The standard InChI is InChI=1S/C28H27N7O2/c1-19-16-33(27(36)28(37)9-5-10-28)12-13-34(19)25-24-22(21-6-3-2-4-7-21)17-35(26(24)32-18-31-25)23-14-20(15-29)8-11-30-23/h2-4,6-8,11,14,17-19,37H,5,9-10,12-13,16H2,1H3/t19-/m0/s1. The fourth-order valence-corrected chi connectivity index (χ4v) is 5.37. The summed E-state index contributed by atoms with van der Waals surface area (Å²) in [7, 11) is 0. The molecule has 3 aromatic heterocycles. The van der Waals surface area contributed by atoms with Gasteiger partial charge in [-0.05, 0) is 43.9 Å². The second kappa shape index (κ2) is 8.98. The van der Waals surface area contributed by atoms with Gasteiger partial charge < -0.3 is 14.9 Å². The van der Waals surface area contributed by atoms with Crippen LogP contribution in [0.2, 0.25) is 0 Å². The Bertz CT molecular complexity index is 1520. The molecule has 37 heavy (non-hydrogen) atoms. The number of fused-ring (bicyclic) bond motifs is 1. The first-order valence-electron chi connectivity index (χ1n) is 12.5. The van der Waals surface area contributed by atoms with Gasteiger partial charge in [-0.25, -0.2) is 15.0 Å². The van der Waals surface area contributed by atoms with Crippen LogP contribution in [0.3, 0.4) is 0 Å². The molecule has 1 amide bonds. The third-order valence-electron chi connectivity index (χ3n) is 7.53. The van der Waals surface area contributed by atoms with E-state index < -0.39 is 5.60 Å². The Labute approximate surface area is 214 Å². The Kier molecular flexibility index (Phi) is 5.61. The summed E-state index contributed by atoms with van der Waals surface area (Å²) in [5.41, 5.74) is 2.01. The number of pyridine rings is 1. The zero-order valence-electron chi connectivity index (χ0n) is 20.6. The molecule has 9 nitrogen and oxygen atoms in total. The minimum absolute atomic E-state index is 0.00788. The van der Waals surface area contributed by atoms with Crippen molar-refractivity contribution in [2.45, 2.75) is 37.8 Å². The van der Waals surface area contributed by atoms with Gasteiger partial charge in [0, 0.05) is 43.6 Å². The number of rotatable bonds is 4. The van der Waals surface area contributed by atoms with Crippen LogP contribution in [0.4, 0.5) is 5.82 Å². The number of piperazine rings is 1. The molecule has 1 aliphatic heterocycles. The number of carbonyl (C=O) groups excluding carboxylic acids is 1. The molecule has 1 saturated heterocycles. The van der Waals surface area contributed by atoms with Gasteiger partial charge in [0.15, 0.2) is 5.65 Å². The first-order chi connectivity index (χ1) is 18.0. The first-order valence-corrected chi connectivity index (χ1v) is 12.5. The number of aliphatic hydroxyl groups is 1. The van der Waals surface area contributed by atoms with Crippen LogP contribution in [0.5, 0.6) is 0 Å². The molecule has 186 valence electrons. The number of aromatic nitrogens is 4. The summed E-state index contributed by atoms with van der Waals surface area (Å²) < 4.78 is 1.90. The third-order valence-corrected chi connectivity index (χ3v) is 7.53. The molecule has 9 heteroatoms. The van der Waals surface area contributed by atoms with Crippen LogP contribution in [0, 0.1) is 11.3 Å². The average molecular weight is 494 g/mol. The van der Waals surface area contributed by atoms with Crippen molar-refractivity contribution in [1.29, 1.82) is 5.26 Å². The molecule has 1 aromatic carbocycles. The van der Waals surface area contributed by atoms with E-state index in [0.717, 1.165) is 28.8 Å². The maximum absolute atomic E-state index is 13.0. The fourth-order valence-electron chi connectivity index (χ4n) is 5.37. The molecule has 6 rings (SSSR count). The lowest BCUT2D eigenvalue weighted by molar-refractivity contribution is -0.161. The van der Waals surface area contributed by atoms with Crippen molar-refractivity contribution in [2.75, 3.05) is 24.5 Å². The van der Waals surface area contributed by atoms with E-state index in [1.54, 1.807) is 29.6 Å². The summed E-state index contributed by atoms with van der Waals surface area (Å²) in [6, 6.07) is 15.7. The second-order valence-corrected chi connectivity index (χ2v) is 9.87. The first kappa shape index (κ1) is 23.1. The predicted molar refractivity (Wildman–Crippen MR) is 139 cm³/mol. The number of nitriles is 1. The van der Waals surface area contributed by atoms with Gasteiger partial charge >= 0.3 is 0 Å². The highest BCUT2D eigenvalue weighted by Crippen LogP contribution is 2.38. The van der Waals surface area contributed by atoms with Crippen molar-refractivity contribution in [2.24, 2.45) is 0 Å². The highest BCUT2D eigenvalue weighted by atomic mass is 16.3. The van der Waals surface area contributed by atoms with Crippen LogP contribution < -0.4 is 4.90 Å². The van der Waals surface area contributed by atoms with E-state index in [9.17, 15) is 15.2 Å². The summed E-state index contributed by atoms with van der Waals surface area (Å²) >= 11 is 0. The van der Waals surface area contributed by atoms with E-state index >= 15 is 0 Å². The van der Waals surface area contributed by atoms with E-state index in [2.05, 4.69) is 27.9 Å². The van der Waals surface area contributed by atoms with Gasteiger partial charge in [0.25, 0.3) is 5.91 Å². The van der Waals surface area contributed by atoms with Gasteiger partial charge in [-0.15, -0.1) is 0 Å². The van der Waals surface area contributed by atoms with Crippen LogP contribution in [0.1, 0.15) is 31.7 Å². The molecule has 1 saturated carbocycles. The van der Waals surface area contributed by atoms with Crippen molar-refractivity contribution >= 4 is 22.8 Å². The molecule has 0 radical (unpaired) electrons. The summed E-state index contributed by atoms with van der Waals surface area (Å²) in [6.07, 6.45) is 7.15. The van der Waals surface area contributed by atoms with Gasteiger partial charge in [-0.3, -0.25) is 9.36 Å². The van der Waals surface area contributed by atoms with Gasteiger partial charge in [0.1, 0.15) is 23.6 Å². The Morgan fingerprint density at radius 2 is 1.95 bits per heavy atom. The number of amides is 1. The largest absolute Gasteiger partial charge is 0.380 e. The van der Waals surface area contributed by atoms with Gasteiger partial charge in [0.05, 0.1) is 17.0 Å². The smallest absolute Gasteiger partial charge is 0.254 e. The molecule has 4 aromatic rings. The maximum atomic E-state index is 13.0. The fraction of sp³-hybridized carbons (Fsp3) is 0.321. The minimum Gasteiger partial charge on any atom is -0.380 e. The lowest BCUT2D eigenvalue weighted by atomic mass is 9.79. The van der Waals surface area contributed by atoms with E-state index in [-0.39, 0.29) is 11.9 Å². The SMILES string of the molecule is C[C@H]1CN(C(=O)C2(O)CCC2)CCN1c1ncnc2c1c(-c1ccccc1)cn2-c1cc(C#N)ccn1. The number of nitrogens with zero attached hydrogens (tertiary/aromatic N) is 7. The van der Waals surface area contributed by atoms with E-state index in [4.69, 9.17) is 4.98 Å². The number of benzene rings is 1. The average Bonchev–Trinajstić information content (AvgIpc) is 3.32. The second-order valence-electron chi connectivity index (χ2n) is 9.87. The van der Waals surface area contributed by atoms with Crippen LogP contribution in [0.25, 0.3) is 28.0 Å². The molecule has 0 bridgehead atoms. The number of anilines is 1. The van der Waals surface area contributed by atoms with Crippen LogP contribution in [-0.2, 0) is 4.79 Å². The van der Waals surface area contributed by atoms with Crippen molar-refractivity contribution in [3.63, 3.8) is 0 Å². The van der Waals surface area contributed by atoms with Crippen molar-refractivity contribution in [1.82, 2.24) is 24.4 Å². The number of carbonyl (C=O) groups is 1. The summed E-state index contributed by atoms with van der Waals surface area (Å²) in [6.45, 7) is 3.70. The van der Waals surface area contributed by atoms with Crippen molar-refractivity contribution in [3.8, 4) is 23.0 Å². The monoisotopic (exact) mass is 493 g/mol. The Hall–Kier alpha value is -4.29. The van der Waals surface area contributed by atoms with E-state index in [0.29, 0.717) is 49.5 Å². The molecular weight excluding hydrogens is 466 g/mol. The van der Waals surface area contributed by atoms with Crippen molar-refractivity contribution in [3.05, 3.63) is 66.7 Å². The molecule has 2 fully saturated rings. The zero-order chi connectivity index (χ0) is 25.6. The number of hydrogen-bond acceptors (Lipinski definition) is 7. The van der Waals surface area contributed by atoms with Crippen molar-refractivity contribution < 1.29 is 9.90 Å². The van der Waals surface area contributed by atoms with Gasteiger partial charge in [-0.2, -0.15) is 5.26 Å². The van der Waals surface area contributed by atoms with E-state index in [1.807, 2.05) is 41.1 Å². The minimum atomic E-state index is -1.19. The van der Waals surface area contributed by atoms with Crippen LogP contribution >= 0.6 is 0 Å². The summed E-state index contributed by atoms with van der Waals surface area (Å²) in [5.74, 6) is 1.24. The Morgan fingerprint density at radius 1 is 1.14 bits per heavy atom. The lowest BCUT2D eigenvalue weighted by Gasteiger charge is -2.45.